The highest BCUT2D eigenvalue weighted by molar-refractivity contribution is 5.41. The molecule has 1 fully saturated rings. The van der Waals surface area contributed by atoms with Crippen molar-refractivity contribution in [2.45, 2.75) is 51.5 Å². The van der Waals surface area contributed by atoms with E-state index in [0.717, 1.165) is 18.9 Å². The normalized spacial score (nSPS) is 19.5. The van der Waals surface area contributed by atoms with Gasteiger partial charge in [-0.05, 0) is 43.9 Å². The average molecular weight is 261 g/mol. The predicted molar refractivity (Wildman–Crippen MR) is 81.8 cm³/mol. The molecule has 0 aromatic carbocycles. The summed E-state index contributed by atoms with van der Waals surface area (Å²) in [6.45, 7) is 11.1. The molecule has 0 atom stereocenters. The zero-order valence-corrected chi connectivity index (χ0v) is 13.0. The van der Waals surface area contributed by atoms with Crippen LogP contribution in [0.25, 0.3) is 0 Å². The Morgan fingerprint density at radius 3 is 2.26 bits per heavy atom. The average Bonchev–Trinajstić information content (AvgIpc) is 2.39. The third kappa shape index (κ3) is 3.27. The van der Waals surface area contributed by atoms with Gasteiger partial charge in [-0.1, -0.05) is 26.8 Å². The number of nitrogens with zero attached hydrogens (tertiary/aromatic N) is 2. The molecule has 0 unspecified atom stereocenters. The number of aromatic nitrogens is 1. The molecule has 3 heteroatoms. The summed E-state index contributed by atoms with van der Waals surface area (Å²) < 4.78 is 0. The molecule has 106 valence electrons. The van der Waals surface area contributed by atoms with Gasteiger partial charge in [-0.2, -0.15) is 0 Å². The standard InChI is InChI=1S/C16H27N3/c1-15(2,3)13-6-7-14(18-12-13)19-10-8-16(4,17-5)9-11-19/h6-7,12,17H,8-11H2,1-5H3. The van der Waals surface area contributed by atoms with E-state index < -0.39 is 0 Å². The van der Waals surface area contributed by atoms with Crippen molar-refractivity contribution < 1.29 is 0 Å². The van der Waals surface area contributed by atoms with Crippen LogP contribution in [0.5, 0.6) is 0 Å². The summed E-state index contributed by atoms with van der Waals surface area (Å²) in [6, 6.07) is 4.39. The minimum Gasteiger partial charge on any atom is -0.356 e. The lowest BCUT2D eigenvalue weighted by Gasteiger charge is -2.39. The fourth-order valence-electron chi connectivity index (χ4n) is 2.50. The maximum Gasteiger partial charge on any atom is 0.128 e. The summed E-state index contributed by atoms with van der Waals surface area (Å²) >= 11 is 0. The smallest absolute Gasteiger partial charge is 0.128 e. The Morgan fingerprint density at radius 2 is 1.84 bits per heavy atom. The number of rotatable bonds is 2. The van der Waals surface area contributed by atoms with E-state index in [0.29, 0.717) is 5.54 Å². The second-order valence-corrected chi connectivity index (χ2v) is 6.95. The molecule has 1 aliphatic heterocycles. The van der Waals surface area contributed by atoms with E-state index in [4.69, 9.17) is 0 Å². The minimum atomic E-state index is 0.179. The summed E-state index contributed by atoms with van der Waals surface area (Å²) in [5.74, 6) is 1.12. The van der Waals surface area contributed by atoms with Crippen LogP contribution in [-0.2, 0) is 5.41 Å². The molecule has 2 rings (SSSR count). The Morgan fingerprint density at radius 1 is 1.21 bits per heavy atom. The van der Waals surface area contributed by atoms with E-state index >= 15 is 0 Å². The quantitative estimate of drug-likeness (QED) is 0.887. The zero-order chi connectivity index (χ0) is 14.1. The number of hydrogen-bond acceptors (Lipinski definition) is 3. The Hall–Kier alpha value is -1.09. The third-order valence-corrected chi connectivity index (χ3v) is 4.41. The Kier molecular flexibility index (Phi) is 3.86. The van der Waals surface area contributed by atoms with Gasteiger partial charge in [0, 0.05) is 24.8 Å². The number of hydrogen-bond donors (Lipinski definition) is 1. The lowest BCUT2D eigenvalue weighted by atomic mass is 9.88. The van der Waals surface area contributed by atoms with Gasteiger partial charge in [0.25, 0.3) is 0 Å². The van der Waals surface area contributed by atoms with E-state index in [1.165, 1.54) is 18.4 Å². The fourth-order valence-corrected chi connectivity index (χ4v) is 2.50. The van der Waals surface area contributed by atoms with Crippen molar-refractivity contribution in [2.75, 3.05) is 25.0 Å². The molecule has 0 saturated carbocycles. The number of anilines is 1. The van der Waals surface area contributed by atoms with Crippen LogP contribution in [0.4, 0.5) is 5.82 Å². The first-order valence-electron chi connectivity index (χ1n) is 7.24. The van der Waals surface area contributed by atoms with Crippen LogP contribution < -0.4 is 10.2 Å². The third-order valence-electron chi connectivity index (χ3n) is 4.41. The van der Waals surface area contributed by atoms with E-state index in [1.807, 2.05) is 6.20 Å². The molecule has 2 heterocycles. The molecule has 1 aromatic heterocycles. The molecule has 19 heavy (non-hydrogen) atoms. The van der Waals surface area contributed by atoms with Crippen LogP contribution in [-0.4, -0.2) is 30.7 Å². The SMILES string of the molecule is CNC1(C)CCN(c2ccc(C(C)(C)C)cn2)CC1. The Labute approximate surface area is 117 Å². The van der Waals surface area contributed by atoms with Crippen LogP contribution in [0, 0.1) is 0 Å². The summed E-state index contributed by atoms with van der Waals surface area (Å²) in [5.41, 5.74) is 1.77. The van der Waals surface area contributed by atoms with E-state index in [1.54, 1.807) is 0 Å². The summed E-state index contributed by atoms with van der Waals surface area (Å²) in [4.78, 5) is 7.04. The van der Waals surface area contributed by atoms with Crippen LogP contribution in [0.3, 0.4) is 0 Å². The molecule has 1 saturated heterocycles. The molecule has 0 spiro atoms. The highest BCUT2D eigenvalue weighted by atomic mass is 15.2. The second-order valence-electron chi connectivity index (χ2n) is 6.95. The highest BCUT2D eigenvalue weighted by Crippen LogP contribution is 2.26. The van der Waals surface area contributed by atoms with Gasteiger partial charge in [-0.3, -0.25) is 0 Å². The van der Waals surface area contributed by atoms with E-state index in [-0.39, 0.29) is 5.41 Å². The molecule has 1 aromatic rings. The predicted octanol–water partition coefficient (Wildman–Crippen LogP) is 2.96. The van der Waals surface area contributed by atoms with Crippen molar-refractivity contribution in [2.24, 2.45) is 0 Å². The Balaban J connectivity index is 2.04. The van der Waals surface area contributed by atoms with Crippen molar-refractivity contribution in [1.82, 2.24) is 10.3 Å². The van der Waals surface area contributed by atoms with Gasteiger partial charge < -0.3 is 10.2 Å². The highest BCUT2D eigenvalue weighted by Gasteiger charge is 2.28. The fraction of sp³-hybridized carbons (Fsp3) is 0.688. The summed E-state index contributed by atoms with van der Waals surface area (Å²) in [5, 5.41) is 3.43. The molecule has 1 N–H and O–H groups in total. The van der Waals surface area contributed by atoms with Gasteiger partial charge in [0.1, 0.15) is 5.82 Å². The Bertz CT molecular complexity index is 409. The van der Waals surface area contributed by atoms with Crippen LogP contribution >= 0.6 is 0 Å². The van der Waals surface area contributed by atoms with Crippen LogP contribution in [0.15, 0.2) is 18.3 Å². The number of piperidine rings is 1. The molecular formula is C16H27N3. The van der Waals surface area contributed by atoms with Gasteiger partial charge in [0.05, 0.1) is 0 Å². The van der Waals surface area contributed by atoms with Gasteiger partial charge in [-0.25, -0.2) is 4.98 Å². The summed E-state index contributed by atoms with van der Waals surface area (Å²) in [7, 11) is 2.06. The van der Waals surface area contributed by atoms with Gasteiger partial charge in [0.2, 0.25) is 0 Å². The topological polar surface area (TPSA) is 28.2 Å². The lowest BCUT2D eigenvalue weighted by molar-refractivity contribution is 0.304. The molecule has 1 aliphatic rings. The first-order chi connectivity index (χ1) is 8.84. The van der Waals surface area contributed by atoms with Crippen molar-refractivity contribution >= 4 is 5.82 Å². The second kappa shape index (κ2) is 5.12. The van der Waals surface area contributed by atoms with Gasteiger partial charge in [0.15, 0.2) is 0 Å². The van der Waals surface area contributed by atoms with Crippen LogP contribution in [0.2, 0.25) is 0 Å². The van der Waals surface area contributed by atoms with Gasteiger partial charge in [-0.15, -0.1) is 0 Å². The monoisotopic (exact) mass is 261 g/mol. The molecule has 0 radical (unpaired) electrons. The van der Waals surface area contributed by atoms with Crippen molar-refractivity contribution in [3.05, 3.63) is 23.9 Å². The number of pyridine rings is 1. The first kappa shape index (κ1) is 14.3. The molecule has 0 amide bonds. The molecular weight excluding hydrogens is 234 g/mol. The lowest BCUT2D eigenvalue weighted by Crippen LogP contribution is -2.50. The van der Waals surface area contributed by atoms with Crippen molar-refractivity contribution in [3.8, 4) is 0 Å². The van der Waals surface area contributed by atoms with E-state index in [2.05, 4.69) is 62.1 Å². The van der Waals surface area contributed by atoms with Crippen LogP contribution in [0.1, 0.15) is 46.1 Å². The maximum absolute atomic E-state index is 4.65. The molecule has 0 aliphatic carbocycles. The van der Waals surface area contributed by atoms with Gasteiger partial charge >= 0.3 is 0 Å². The minimum absolute atomic E-state index is 0.179. The molecule has 3 nitrogen and oxygen atoms in total. The zero-order valence-electron chi connectivity index (χ0n) is 13.0. The molecule has 0 bridgehead atoms. The maximum atomic E-state index is 4.65. The van der Waals surface area contributed by atoms with Crippen molar-refractivity contribution in [1.29, 1.82) is 0 Å². The number of nitrogens with one attached hydrogen (secondary N) is 1. The van der Waals surface area contributed by atoms with E-state index in [9.17, 15) is 0 Å². The first-order valence-corrected chi connectivity index (χ1v) is 7.24. The van der Waals surface area contributed by atoms with Crippen molar-refractivity contribution in [3.63, 3.8) is 0 Å². The largest absolute Gasteiger partial charge is 0.356 e. The summed E-state index contributed by atoms with van der Waals surface area (Å²) in [6.07, 6.45) is 4.37.